The van der Waals surface area contributed by atoms with Gasteiger partial charge in [0.25, 0.3) is 0 Å². The Labute approximate surface area is 171 Å². The second-order valence-corrected chi connectivity index (χ2v) is 8.87. The van der Waals surface area contributed by atoms with E-state index < -0.39 is 10.0 Å². The van der Waals surface area contributed by atoms with Crippen molar-refractivity contribution >= 4 is 33.5 Å². The number of amides is 1. The molecule has 1 fully saturated rings. The van der Waals surface area contributed by atoms with Gasteiger partial charge in [-0.25, -0.2) is 8.42 Å². The predicted octanol–water partition coefficient (Wildman–Crippen LogP) is 3.54. The molecule has 1 aliphatic heterocycles. The first kappa shape index (κ1) is 21.0. The Morgan fingerprint density at radius 2 is 1.62 bits per heavy atom. The Hall–Kier alpha value is -2.77. The van der Waals surface area contributed by atoms with Crippen molar-refractivity contribution in [2.45, 2.75) is 19.8 Å². The molecule has 0 unspecified atom stereocenters. The van der Waals surface area contributed by atoms with Gasteiger partial charge in [0.2, 0.25) is 15.9 Å². The molecule has 2 aromatic rings. The smallest absolute Gasteiger partial charge is 0.236 e. The van der Waals surface area contributed by atoms with Gasteiger partial charge in [0.15, 0.2) is 5.78 Å². The number of sulfonamides is 1. The van der Waals surface area contributed by atoms with Gasteiger partial charge in [-0.15, -0.1) is 0 Å². The quantitative estimate of drug-likeness (QED) is 0.736. The molecule has 1 N–H and O–H groups in total. The highest BCUT2D eigenvalue weighted by Gasteiger charge is 2.30. The van der Waals surface area contributed by atoms with Gasteiger partial charge in [0, 0.05) is 35.7 Å². The largest absolute Gasteiger partial charge is 0.326 e. The van der Waals surface area contributed by atoms with E-state index in [0.29, 0.717) is 37.2 Å². The third-order valence-corrected chi connectivity index (χ3v) is 6.54. The number of rotatable bonds is 6. The Balaban J connectivity index is 1.54. The third kappa shape index (κ3) is 5.62. The molecule has 0 radical (unpaired) electrons. The molecule has 0 aliphatic carbocycles. The number of carbonyl (C=O) groups excluding carboxylic acids is 2. The first-order valence-electron chi connectivity index (χ1n) is 9.50. The molecule has 152 valence electrons. The van der Waals surface area contributed by atoms with Crippen LogP contribution < -0.4 is 5.32 Å². The highest BCUT2D eigenvalue weighted by Crippen LogP contribution is 2.22. The van der Waals surface area contributed by atoms with E-state index in [0.717, 1.165) is 5.56 Å². The number of Topliss-reactive ketones (excluding diaryl/α,β-unsaturated/α-hetero) is 1. The molecule has 1 aliphatic rings. The Morgan fingerprint density at radius 3 is 2.21 bits per heavy atom. The van der Waals surface area contributed by atoms with E-state index >= 15 is 0 Å². The summed E-state index contributed by atoms with van der Waals surface area (Å²) in [6.07, 6.45) is 2.52. The highest BCUT2D eigenvalue weighted by atomic mass is 32.2. The van der Waals surface area contributed by atoms with Gasteiger partial charge in [0.05, 0.1) is 0 Å². The van der Waals surface area contributed by atoms with Gasteiger partial charge in [-0.2, -0.15) is 4.31 Å². The normalized spacial score (nSPS) is 16.0. The minimum absolute atomic E-state index is 0.0298. The van der Waals surface area contributed by atoms with Gasteiger partial charge >= 0.3 is 0 Å². The molecular weight excluding hydrogens is 388 g/mol. The fraction of sp³-hybridized carbons (Fsp3) is 0.273. The molecular formula is C22H24N2O4S. The van der Waals surface area contributed by atoms with Crippen LogP contribution in [-0.2, 0) is 14.8 Å². The first-order chi connectivity index (χ1) is 13.8. The van der Waals surface area contributed by atoms with E-state index in [1.165, 1.54) is 16.6 Å². The molecule has 6 nitrogen and oxygen atoms in total. The molecule has 29 heavy (non-hydrogen) atoms. The number of ketones is 1. The summed E-state index contributed by atoms with van der Waals surface area (Å²) in [5.41, 5.74) is 2.03. The summed E-state index contributed by atoms with van der Waals surface area (Å²) in [6, 6.07) is 16.0. The summed E-state index contributed by atoms with van der Waals surface area (Å²) < 4.78 is 26.5. The molecule has 0 spiro atoms. The van der Waals surface area contributed by atoms with Crippen molar-refractivity contribution in [2.75, 3.05) is 18.4 Å². The lowest BCUT2D eigenvalue weighted by atomic mass is 9.97. The zero-order valence-electron chi connectivity index (χ0n) is 16.2. The fourth-order valence-corrected chi connectivity index (χ4v) is 4.44. The number of hydrogen-bond acceptors (Lipinski definition) is 4. The van der Waals surface area contributed by atoms with E-state index in [1.54, 1.807) is 30.3 Å². The number of piperidine rings is 1. The zero-order chi connectivity index (χ0) is 20.9. The molecule has 1 saturated heterocycles. The second kappa shape index (κ2) is 9.15. The maximum Gasteiger partial charge on any atom is 0.236 e. The summed E-state index contributed by atoms with van der Waals surface area (Å²) in [4.78, 5) is 23.8. The van der Waals surface area contributed by atoms with E-state index in [2.05, 4.69) is 5.32 Å². The average Bonchev–Trinajstić information content (AvgIpc) is 2.73. The number of anilines is 1. The van der Waals surface area contributed by atoms with Crippen LogP contribution in [0.5, 0.6) is 0 Å². The van der Waals surface area contributed by atoms with Gasteiger partial charge in [-0.05, 0) is 55.7 Å². The average molecular weight is 413 g/mol. The summed E-state index contributed by atoms with van der Waals surface area (Å²) >= 11 is 0. The van der Waals surface area contributed by atoms with Crippen molar-refractivity contribution in [3.05, 3.63) is 71.1 Å². The lowest BCUT2D eigenvalue weighted by molar-refractivity contribution is -0.120. The number of nitrogens with one attached hydrogen (secondary N) is 1. The van der Waals surface area contributed by atoms with Crippen molar-refractivity contribution in [1.82, 2.24) is 4.31 Å². The fourth-order valence-electron chi connectivity index (χ4n) is 3.22. The van der Waals surface area contributed by atoms with Crippen LogP contribution in [-0.4, -0.2) is 37.5 Å². The van der Waals surface area contributed by atoms with Crippen LogP contribution in [0.2, 0.25) is 0 Å². The van der Waals surface area contributed by atoms with Crippen molar-refractivity contribution in [3.63, 3.8) is 0 Å². The van der Waals surface area contributed by atoms with Crippen LogP contribution >= 0.6 is 0 Å². The Morgan fingerprint density at radius 1 is 1.00 bits per heavy atom. The summed E-state index contributed by atoms with van der Waals surface area (Å²) in [7, 11) is -3.51. The van der Waals surface area contributed by atoms with Crippen LogP contribution in [0, 0.1) is 5.92 Å². The molecule has 7 heteroatoms. The van der Waals surface area contributed by atoms with Crippen LogP contribution in [0.1, 0.15) is 35.7 Å². The van der Waals surface area contributed by atoms with E-state index in [1.807, 2.05) is 30.3 Å². The minimum atomic E-state index is -3.51. The molecule has 2 aromatic carbocycles. The first-order valence-corrected chi connectivity index (χ1v) is 11.0. The second-order valence-electron chi connectivity index (χ2n) is 7.05. The van der Waals surface area contributed by atoms with Crippen LogP contribution in [0.3, 0.4) is 0 Å². The number of benzene rings is 2. The molecule has 1 heterocycles. The van der Waals surface area contributed by atoms with Crippen molar-refractivity contribution in [3.8, 4) is 0 Å². The standard InChI is InChI=1S/C22H24N2O4S/c1-17(25)19-7-9-21(10-8-19)23-22(26)20-11-14-24(15-12-20)29(27,28)16-13-18-5-3-2-4-6-18/h2-10,13,16,20H,11-12,14-15H2,1H3,(H,23,26)/b16-13+. The van der Waals surface area contributed by atoms with Gasteiger partial charge in [-0.1, -0.05) is 30.3 Å². The van der Waals surface area contributed by atoms with E-state index in [4.69, 9.17) is 0 Å². The maximum absolute atomic E-state index is 12.5. The molecule has 0 atom stereocenters. The SMILES string of the molecule is CC(=O)c1ccc(NC(=O)C2CCN(S(=O)(=O)/C=C/c3ccccc3)CC2)cc1. The molecule has 0 bridgehead atoms. The Kier molecular flexibility index (Phi) is 6.61. The van der Waals surface area contributed by atoms with Gasteiger partial charge < -0.3 is 5.32 Å². The summed E-state index contributed by atoms with van der Waals surface area (Å²) in [6.45, 7) is 2.11. The van der Waals surface area contributed by atoms with Gasteiger partial charge in [-0.3, -0.25) is 9.59 Å². The van der Waals surface area contributed by atoms with Crippen molar-refractivity contribution < 1.29 is 18.0 Å². The topological polar surface area (TPSA) is 83.6 Å². The van der Waals surface area contributed by atoms with Crippen molar-refractivity contribution in [1.29, 1.82) is 0 Å². The van der Waals surface area contributed by atoms with Crippen molar-refractivity contribution in [2.24, 2.45) is 5.92 Å². The Bertz CT molecular complexity index is 991. The number of nitrogens with zero attached hydrogens (tertiary/aromatic N) is 1. The lowest BCUT2D eigenvalue weighted by Gasteiger charge is -2.29. The third-order valence-electron chi connectivity index (χ3n) is 4.98. The maximum atomic E-state index is 12.5. The zero-order valence-corrected chi connectivity index (χ0v) is 17.1. The monoisotopic (exact) mass is 412 g/mol. The molecule has 0 aromatic heterocycles. The highest BCUT2D eigenvalue weighted by molar-refractivity contribution is 7.92. The molecule has 3 rings (SSSR count). The number of carbonyl (C=O) groups is 2. The van der Waals surface area contributed by atoms with Crippen LogP contribution in [0.4, 0.5) is 5.69 Å². The lowest BCUT2D eigenvalue weighted by Crippen LogP contribution is -2.40. The van der Waals surface area contributed by atoms with Crippen LogP contribution in [0.25, 0.3) is 6.08 Å². The predicted molar refractivity (Wildman–Crippen MR) is 114 cm³/mol. The summed E-state index contributed by atoms with van der Waals surface area (Å²) in [5, 5.41) is 4.07. The summed E-state index contributed by atoms with van der Waals surface area (Å²) in [5.74, 6) is -0.401. The minimum Gasteiger partial charge on any atom is -0.326 e. The van der Waals surface area contributed by atoms with E-state index in [-0.39, 0.29) is 17.6 Å². The molecule has 0 saturated carbocycles. The number of hydrogen-bond donors (Lipinski definition) is 1. The van der Waals surface area contributed by atoms with Crippen LogP contribution in [0.15, 0.2) is 60.0 Å². The van der Waals surface area contributed by atoms with E-state index in [9.17, 15) is 18.0 Å². The molecule has 1 amide bonds. The van der Waals surface area contributed by atoms with Gasteiger partial charge in [0.1, 0.15) is 0 Å².